The molecule has 0 unspecified atom stereocenters. The summed E-state index contributed by atoms with van der Waals surface area (Å²) in [6.07, 6.45) is -0.144. The third kappa shape index (κ3) is 4.18. The summed E-state index contributed by atoms with van der Waals surface area (Å²) in [5.74, 6) is -1.39. The summed E-state index contributed by atoms with van der Waals surface area (Å²) < 4.78 is 10.5. The molecule has 1 aliphatic heterocycles. The molecule has 7 nitrogen and oxygen atoms in total. The summed E-state index contributed by atoms with van der Waals surface area (Å²) in [7, 11) is 0. The number of aromatic amines is 1. The maximum Gasteiger partial charge on any atom is 0.355 e. The van der Waals surface area contributed by atoms with Crippen molar-refractivity contribution in [3.05, 3.63) is 57.9 Å². The first-order valence-corrected chi connectivity index (χ1v) is 9.76. The van der Waals surface area contributed by atoms with Crippen LogP contribution in [0.2, 0.25) is 0 Å². The van der Waals surface area contributed by atoms with Gasteiger partial charge in [-0.15, -0.1) is 0 Å². The van der Waals surface area contributed by atoms with Gasteiger partial charge in [0.25, 0.3) is 5.91 Å². The SMILES string of the molecule is CCOC(=O)c1[nH]c(C)c(C(=O)O[C@H](C)C(=O)N2CCc3ccccc3C2)c1C. The first-order valence-electron chi connectivity index (χ1n) is 9.76. The van der Waals surface area contributed by atoms with Crippen LogP contribution in [0.5, 0.6) is 0 Å². The molecule has 0 spiro atoms. The summed E-state index contributed by atoms with van der Waals surface area (Å²) in [6.45, 7) is 7.95. The van der Waals surface area contributed by atoms with Crippen molar-refractivity contribution >= 4 is 17.8 Å². The Balaban J connectivity index is 1.69. The second kappa shape index (κ2) is 8.51. The Morgan fingerprint density at radius 1 is 1.14 bits per heavy atom. The smallest absolute Gasteiger partial charge is 0.355 e. The van der Waals surface area contributed by atoms with Crippen molar-refractivity contribution < 1.29 is 23.9 Å². The molecular weight excluding hydrogens is 372 g/mol. The van der Waals surface area contributed by atoms with Crippen molar-refractivity contribution in [1.82, 2.24) is 9.88 Å². The predicted octanol–water partition coefficient (Wildman–Crippen LogP) is 2.94. The average Bonchev–Trinajstić information content (AvgIpc) is 3.01. The number of carbonyl (C=O) groups excluding carboxylic acids is 3. The van der Waals surface area contributed by atoms with Crippen LogP contribution >= 0.6 is 0 Å². The molecular formula is C22H26N2O5. The number of benzene rings is 1. The summed E-state index contributed by atoms with van der Waals surface area (Å²) in [6, 6.07) is 8.02. The van der Waals surface area contributed by atoms with E-state index in [2.05, 4.69) is 11.1 Å². The maximum absolute atomic E-state index is 12.8. The van der Waals surface area contributed by atoms with E-state index in [0.29, 0.717) is 24.3 Å². The maximum atomic E-state index is 12.8. The molecule has 1 aromatic heterocycles. The van der Waals surface area contributed by atoms with E-state index < -0.39 is 18.0 Å². The molecule has 0 fully saturated rings. The first kappa shape index (κ1) is 20.6. The number of hydrogen-bond acceptors (Lipinski definition) is 5. The van der Waals surface area contributed by atoms with Crippen molar-refractivity contribution in [3.63, 3.8) is 0 Å². The van der Waals surface area contributed by atoms with Gasteiger partial charge in [0.1, 0.15) is 5.69 Å². The average molecular weight is 398 g/mol. The minimum absolute atomic E-state index is 0.225. The lowest BCUT2D eigenvalue weighted by Crippen LogP contribution is -2.42. The highest BCUT2D eigenvalue weighted by molar-refractivity contribution is 5.99. The molecule has 0 aliphatic carbocycles. The standard InChI is InChI=1S/C22H26N2O5/c1-5-28-22(27)19-13(2)18(14(3)23-19)21(26)29-15(4)20(25)24-11-10-16-8-6-7-9-17(16)12-24/h6-9,15,23H,5,10-12H2,1-4H3/t15-/m1/s1. The molecule has 1 amide bonds. The Morgan fingerprint density at radius 3 is 2.52 bits per heavy atom. The van der Waals surface area contributed by atoms with Crippen molar-refractivity contribution in [2.24, 2.45) is 0 Å². The second-order valence-corrected chi connectivity index (χ2v) is 7.17. The van der Waals surface area contributed by atoms with Gasteiger partial charge in [-0.3, -0.25) is 4.79 Å². The third-order valence-electron chi connectivity index (χ3n) is 5.20. The number of aromatic nitrogens is 1. The van der Waals surface area contributed by atoms with Crippen molar-refractivity contribution in [1.29, 1.82) is 0 Å². The predicted molar refractivity (Wildman–Crippen MR) is 107 cm³/mol. The molecule has 3 rings (SSSR count). The first-order chi connectivity index (χ1) is 13.8. The number of nitrogens with one attached hydrogen (secondary N) is 1. The number of aryl methyl sites for hydroxylation is 1. The van der Waals surface area contributed by atoms with E-state index in [1.54, 1.807) is 32.6 Å². The van der Waals surface area contributed by atoms with Gasteiger partial charge in [0, 0.05) is 18.8 Å². The highest BCUT2D eigenvalue weighted by atomic mass is 16.5. The lowest BCUT2D eigenvalue weighted by molar-refractivity contribution is -0.140. The number of carbonyl (C=O) groups is 3. The quantitative estimate of drug-likeness (QED) is 0.783. The van der Waals surface area contributed by atoms with E-state index in [1.165, 1.54) is 5.56 Å². The van der Waals surface area contributed by atoms with Gasteiger partial charge in [-0.2, -0.15) is 0 Å². The number of hydrogen-bond donors (Lipinski definition) is 1. The topological polar surface area (TPSA) is 88.7 Å². The zero-order chi connectivity index (χ0) is 21.1. The van der Waals surface area contributed by atoms with Gasteiger partial charge in [0.15, 0.2) is 6.10 Å². The number of ether oxygens (including phenoxy) is 2. The van der Waals surface area contributed by atoms with Gasteiger partial charge >= 0.3 is 11.9 Å². The van der Waals surface area contributed by atoms with E-state index in [-0.39, 0.29) is 23.8 Å². The number of H-pyrrole nitrogens is 1. The van der Waals surface area contributed by atoms with Gasteiger partial charge < -0.3 is 19.4 Å². The molecule has 1 aromatic carbocycles. The molecule has 0 saturated heterocycles. The van der Waals surface area contributed by atoms with Crippen molar-refractivity contribution in [2.45, 2.75) is 46.8 Å². The summed E-state index contributed by atoms with van der Waals surface area (Å²) in [5, 5.41) is 0. The Bertz CT molecular complexity index is 947. The molecule has 2 aromatic rings. The molecule has 7 heteroatoms. The number of amides is 1. The Kier molecular flexibility index (Phi) is 6.06. The Morgan fingerprint density at radius 2 is 1.83 bits per heavy atom. The minimum atomic E-state index is -0.924. The van der Waals surface area contributed by atoms with Crippen LogP contribution in [0.3, 0.4) is 0 Å². The lowest BCUT2D eigenvalue weighted by Gasteiger charge is -2.30. The van der Waals surface area contributed by atoms with E-state index in [4.69, 9.17) is 9.47 Å². The largest absolute Gasteiger partial charge is 0.461 e. The fraction of sp³-hybridized carbons (Fsp3) is 0.409. The zero-order valence-electron chi connectivity index (χ0n) is 17.2. The molecule has 0 radical (unpaired) electrons. The van der Waals surface area contributed by atoms with Crippen molar-refractivity contribution in [3.8, 4) is 0 Å². The van der Waals surface area contributed by atoms with Crippen molar-refractivity contribution in [2.75, 3.05) is 13.2 Å². The van der Waals surface area contributed by atoms with E-state index in [1.807, 2.05) is 18.2 Å². The van der Waals surface area contributed by atoms with Gasteiger partial charge in [-0.25, -0.2) is 9.59 Å². The molecule has 1 N–H and O–H groups in total. The minimum Gasteiger partial charge on any atom is -0.461 e. The number of rotatable bonds is 5. The van der Waals surface area contributed by atoms with E-state index >= 15 is 0 Å². The lowest BCUT2D eigenvalue weighted by atomic mass is 9.99. The number of fused-ring (bicyclic) bond motifs is 1. The monoisotopic (exact) mass is 398 g/mol. The molecule has 0 bridgehead atoms. The highest BCUT2D eigenvalue weighted by Gasteiger charge is 2.30. The van der Waals surface area contributed by atoms with Gasteiger partial charge in [0.2, 0.25) is 0 Å². The number of esters is 2. The molecule has 2 heterocycles. The van der Waals surface area contributed by atoms with Gasteiger partial charge in [-0.05, 0) is 50.8 Å². The molecule has 0 saturated carbocycles. The van der Waals surface area contributed by atoms with E-state index in [0.717, 1.165) is 12.0 Å². The molecule has 1 atom stereocenters. The van der Waals surface area contributed by atoms with Crippen LogP contribution in [0.15, 0.2) is 24.3 Å². The summed E-state index contributed by atoms with van der Waals surface area (Å²) in [5.41, 5.74) is 3.80. The van der Waals surface area contributed by atoms with Crippen LogP contribution in [0.25, 0.3) is 0 Å². The molecule has 1 aliphatic rings. The van der Waals surface area contributed by atoms with Gasteiger partial charge in [-0.1, -0.05) is 24.3 Å². The number of nitrogens with zero attached hydrogens (tertiary/aromatic N) is 1. The van der Waals surface area contributed by atoms with Crippen LogP contribution < -0.4 is 0 Å². The van der Waals surface area contributed by atoms with Crippen LogP contribution in [0.4, 0.5) is 0 Å². The second-order valence-electron chi connectivity index (χ2n) is 7.17. The Hall–Kier alpha value is -3.09. The molecule has 154 valence electrons. The van der Waals surface area contributed by atoms with Gasteiger partial charge in [0.05, 0.1) is 12.2 Å². The Labute approximate surface area is 170 Å². The van der Waals surface area contributed by atoms with E-state index in [9.17, 15) is 14.4 Å². The van der Waals surface area contributed by atoms with Crippen LogP contribution in [-0.4, -0.2) is 47.0 Å². The highest BCUT2D eigenvalue weighted by Crippen LogP contribution is 2.22. The normalized spacial score (nSPS) is 14.1. The third-order valence-corrected chi connectivity index (χ3v) is 5.20. The zero-order valence-corrected chi connectivity index (χ0v) is 17.2. The summed E-state index contributed by atoms with van der Waals surface area (Å²) >= 11 is 0. The summed E-state index contributed by atoms with van der Waals surface area (Å²) in [4.78, 5) is 42.1. The molecule has 29 heavy (non-hydrogen) atoms. The van der Waals surface area contributed by atoms with Crippen LogP contribution in [0.1, 0.15) is 57.1 Å². The fourth-order valence-corrected chi connectivity index (χ4v) is 3.67. The van der Waals surface area contributed by atoms with Crippen LogP contribution in [0, 0.1) is 13.8 Å². The van der Waals surface area contributed by atoms with Crippen LogP contribution in [-0.2, 0) is 27.2 Å². The fourth-order valence-electron chi connectivity index (χ4n) is 3.67.